The van der Waals surface area contributed by atoms with Crippen molar-refractivity contribution in [2.45, 2.75) is 19.9 Å². The van der Waals surface area contributed by atoms with Crippen LogP contribution in [0, 0.1) is 0 Å². The van der Waals surface area contributed by atoms with Crippen molar-refractivity contribution in [1.29, 1.82) is 0 Å². The Balaban J connectivity index is 1.76. The van der Waals surface area contributed by atoms with Crippen LogP contribution in [0.15, 0.2) is 41.8 Å². The van der Waals surface area contributed by atoms with Crippen LogP contribution in [-0.4, -0.2) is 12.5 Å². The molecular formula is C15H18N2OS. The molecule has 0 aliphatic heterocycles. The van der Waals surface area contributed by atoms with Gasteiger partial charge in [-0.1, -0.05) is 25.1 Å². The van der Waals surface area contributed by atoms with Crippen molar-refractivity contribution >= 4 is 22.9 Å². The monoisotopic (exact) mass is 274 g/mol. The predicted molar refractivity (Wildman–Crippen MR) is 80.5 cm³/mol. The summed E-state index contributed by atoms with van der Waals surface area (Å²) >= 11 is 1.70. The fourth-order valence-electron chi connectivity index (χ4n) is 1.82. The molecule has 0 unspecified atom stereocenters. The van der Waals surface area contributed by atoms with Gasteiger partial charge in [0.15, 0.2) is 0 Å². The number of amides is 1. The second-order valence-corrected chi connectivity index (χ2v) is 5.22. The standard InChI is InChI=1S/C15H18N2OS/c1-2-12-8-9-19-14(12)10-17-15(18)11-16-13-6-4-3-5-7-13/h3-9,16H,2,10-11H2,1H3,(H,17,18). The molecule has 0 saturated heterocycles. The molecule has 1 aromatic heterocycles. The Labute approximate surface area is 117 Å². The summed E-state index contributed by atoms with van der Waals surface area (Å²) in [6, 6.07) is 11.9. The number of para-hydroxylation sites is 1. The molecular weight excluding hydrogens is 256 g/mol. The zero-order chi connectivity index (χ0) is 13.5. The highest BCUT2D eigenvalue weighted by atomic mass is 32.1. The zero-order valence-electron chi connectivity index (χ0n) is 11.0. The first-order valence-electron chi connectivity index (χ1n) is 6.40. The number of nitrogens with one attached hydrogen (secondary N) is 2. The van der Waals surface area contributed by atoms with E-state index in [2.05, 4.69) is 29.0 Å². The Hall–Kier alpha value is -1.81. The van der Waals surface area contributed by atoms with E-state index in [1.807, 2.05) is 30.3 Å². The summed E-state index contributed by atoms with van der Waals surface area (Å²) in [6.45, 7) is 3.05. The van der Waals surface area contributed by atoms with Crippen LogP contribution in [0.25, 0.3) is 0 Å². The van der Waals surface area contributed by atoms with Crippen LogP contribution in [0.4, 0.5) is 5.69 Å². The van der Waals surface area contributed by atoms with Crippen molar-refractivity contribution in [3.63, 3.8) is 0 Å². The van der Waals surface area contributed by atoms with Gasteiger partial charge in [0.05, 0.1) is 13.1 Å². The van der Waals surface area contributed by atoms with Gasteiger partial charge in [-0.25, -0.2) is 0 Å². The molecule has 0 aliphatic rings. The van der Waals surface area contributed by atoms with Crippen LogP contribution >= 0.6 is 11.3 Å². The summed E-state index contributed by atoms with van der Waals surface area (Å²) in [5.41, 5.74) is 2.28. The number of anilines is 1. The molecule has 1 heterocycles. The van der Waals surface area contributed by atoms with Gasteiger partial charge in [0.2, 0.25) is 5.91 Å². The van der Waals surface area contributed by atoms with Crippen LogP contribution in [0.3, 0.4) is 0 Å². The van der Waals surface area contributed by atoms with Crippen LogP contribution in [0.5, 0.6) is 0 Å². The second-order valence-electron chi connectivity index (χ2n) is 4.22. The molecule has 4 heteroatoms. The molecule has 0 atom stereocenters. The molecule has 2 rings (SSSR count). The fraction of sp³-hybridized carbons (Fsp3) is 0.267. The minimum Gasteiger partial charge on any atom is -0.376 e. The highest BCUT2D eigenvalue weighted by Gasteiger charge is 2.05. The normalized spacial score (nSPS) is 10.2. The third-order valence-electron chi connectivity index (χ3n) is 2.89. The van der Waals surface area contributed by atoms with E-state index < -0.39 is 0 Å². The van der Waals surface area contributed by atoms with E-state index in [9.17, 15) is 4.79 Å². The van der Waals surface area contributed by atoms with E-state index in [0.29, 0.717) is 13.1 Å². The van der Waals surface area contributed by atoms with Gasteiger partial charge < -0.3 is 10.6 Å². The molecule has 0 saturated carbocycles. The van der Waals surface area contributed by atoms with Crippen LogP contribution in [0.2, 0.25) is 0 Å². The number of carbonyl (C=O) groups is 1. The lowest BCUT2D eigenvalue weighted by Crippen LogP contribution is -2.29. The van der Waals surface area contributed by atoms with Crippen molar-refractivity contribution in [1.82, 2.24) is 5.32 Å². The van der Waals surface area contributed by atoms with Crippen molar-refractivity contribution < 1.29 is 4.79 Å². The maximum atomic E-state index is 11.7. The SMILES string of the molecule is CCc1ccsc1CNC(=O)CNc1ccccc1. The van der Waals surface area contributed by atoms with Crippen molar-refractivity contribution in [3.8, 4) is 0 Å². The number of carbonyl (C=O) groups excluding carboxylic acids is 1. The van der Waals surface area contributed by atoms with Crippen LogP contribution < -0.4 is 10.6 Å². The van der Waals surface area contributed by atoms with Crippen LogP contribution in [0.1, 0.15) is 17.4 Å². The molecule has 0 bridgehead atoms. The Kier molecular flexibility index (Phi) is 4.98. The van der Waals surface area contributed by atoms with E-state index >= 15 is 0 Å². The number of thiophene rings is 1. The van der Waals surface area contributed by atoms with E-state index in [1.165, 1.54) is 10.4 Å². The Morgan fingerprint density at radius 2 is 2.00 bits per heavy atom. The van der Waals surface area contributed by atoms with E-state index in [-0.39, 0.29) is 5.91 Å². The van der Waals surface area contributed by atoms with Gasteiger partial charge in [0.1, 0.15) is 0 Å². The lowest BCUT2D eigenvalue weighted by atomic mass is 10.2. The Morgan fingerprint density at radius 3 is 2.74 bits per heavy atom. The van der Waals surface area contributed by atoms with Crippen molar-refractivity contribution in [3.05, 3.63) is 52.2 Å². The summed E-state index contributed by atoms with van der Waals surface area (Å²) < 4.78 is 0. The highest BCUT2D eigenvalue weighted by molar-refractivity contribution is 7.10. The molecule has 2 N–H and O–H groups in total. The van der Waals surface area contributed by atoms with Gasteiger partial charge >= 0.3 is 0 Å². The average molecular weight is 274 g/mol. The van der Waals surface area contributed by atoms with E-state index in [0.717, 1.165) is 12.1 Å². The minimum absolute atomic E-state index is 0.0132. The van der Waals surface area contributed by atoms with Gasteiger partial charge in [0, 0.05) is 10.6 Å². The van der Waals surface area contributed by atoms with Gasteiger partial charge in [-0.15, -0.1) is 11.3 Å². The predicted octanol–water partition coefficient (Wildman–Crippen LogP) is 3.04. The zero-order valence-corrected chi connectivity index (χ0v) is 11.8. The number of aryl methyl sites for hydroxylation is 1. The molecule has 2 aromatic rings. The lowest BCUT2D eigenvalue weighted by Gasteiger charge is -2.07. The summed E-state index contributed by atoms with van der Waals surface area (Å²) in [4.78, 5) is 13.0. The summed E-state index contributed by atoms with van der Waals surface area (Å²) in [7, 11) is 0. The summed E-state index contributed by atoms with van der Waals surface area (Å²) in [5, 5.41) is 8.11. The minimum atomic E-state index is 0.0132. The Bertz CT molecular complexity index is 522. The maximum absolute atomic E-state index is 11.7. The number of rotatable bonds is 6. The first kappa shape index (κ1) is 13.6. The summed E-state index contributed by atoms with van der Waals surface area (Å²) in [5.74, 6) is 0.0132. The second kappa shape index (κ2) is 6.95. The lowest BCUT2D eigenvalue weighted by molar-refractivity contribution is -0.119. The number of hydrogen-bond donors (Lipinski definition) is 2. The third-order valence-corrected chi connectivity index (χ3v) is 3.85. The fourth-order valence-corrected chi connectivity index (χ4v) is 2.73. The van der Waals surface area contributed by atoms with Crippen LogP contribution in [-0.2, 0) is 17.8 Å². The number of benzene rings is 1. The Morgan fingerprint density at radius 1 is 1.21 bits per heavy atom. The van der Waals surface area contributed by atoms with Gasteiger partial charge in [0.25, 0.3) is 0 Å². The highest BCUT2D eigenvalue weighted by Crippen LogP contribution is 2.16. The molecule has 0 aliphatic carbocycles. The summed E-state index contributed by atoms with van der Waals surface area (Å²) in [6.07, 6.45) is 1.01. The van der Waals surface area contributed by atoms with E-state index in [1.54, 1.807) is 11.3 Å². The van der Waals surface area contributed by atoms with Crippen molar-refractivity contribution in [2.24, 2.45) is 0 Å². The molecule has 100 valence electrons. The van der Waals surface area contributed by atoms with Gasteiger partial charge in [-0.2, -0.15) is 0 Å². The quantitative estimate of drug-likeness (QED) is 0.850. The maximum Gasteiger partial charge on any atom is 0.239 e. The van der Waals surface area contributed by atoms with Gasteiger partial charge in [-0.05, 0) is 35.6 Å². The molecule has 0 spiro atoms. The number of hydrogen-bond acceptors (Lipinski definition) is 3. The van der Waals surface area contributed by atoms with Crippen molar-refractivity contribution in [2.75, 3.05) is 11.9 Å². The third kappa shape index (κ3) is 4.10. The molecule has 0 fully saturated rings. The molecule has 3 nitrogen and oxygen atoms in total. The van der Waals surface area contributed by atoms with Gasteiger partial charge in [-0.3, -0.25) is 4.79 Å². The molecule has 0 radical (unpaired) electrons. The molecule has 19 heavy (non-hydrogen) atoms. The first-order chi connectivity index (χ1) is 9.29. The largest absolute Gasteiger partial charge is 0.376 e. The molecule has 1 amide bonds. The first-order valence-corrected chi connectivity index (χ1v) is 7.28. The van der Waals surface area contributed by atoms with E-state index in [4.69, 9.17) is 0 Å². The molecule has 1 aromatic carbocycles. The topological polar surface area (TPSA) is 41.1 Å². The smallest absolute Gasteiger partial charge is 0.239 e. The average Bonchev–Trinajstić information content (AvgIpc) is 2.91.